The topological polar surface area (TPSA) is 81.9 Å². The molecule has 140 valence electrons. The molecule has 1 aromatic carbocycles. The van der Waals surface area contributed by atoms with Crippen LogP contribution in [0.5, 0.6) is 11.5 Å². The van der Waals surface area contributed by atoms with E-state index in [4.69, 9.17) is 9.88 Å². The van der Waals surface area contributed by atoms with E-state index < -0.39 is 16.6 Å². The van der Waals surface area contributed by atoms with E-state index in [-0.39, 0.29) is 17.1 Å². The quantitative estimate of drug-likeness (QED) is 0.850. The summed E-state index contributed by atoms with van der Waals surface area (Å²) in [5.74, 6) is 0.255. The molecule has 1 aromatic rings. The summed E-state index contributed by atoms with van der Waals surface area (Å²) in [4.78, 5) is 0. The SMILES string of the molecule is NS(=O)(=O)N1CCC2(CC1)C[C@@H]2COc1cccc(OC(F)(F)F)c1. The minimum absolute atomic E-state index is 0.0568. The zero-order valence-corrected chi connectivity index (χ0v) is 14.1. The molecule has 0 aromatic heterocycles. The van der Waals surface area contributed by atoms with Crippen LogP contribution in [0, 0.1) is 11.3 Å². The predicted octanol–water partition coefficient (Wildman–Crippen LogP) is 2.27. The fourth-order valence-electron chi connectivity index (χ4n) is 3.42. The Labute approximate surface area is 143 Å². The predicted molar refractivity (Wildman–Crippen MR) is 83.1 cm³/mol. The fourth-order valence-corrected chi connectivity index (χ4v) is 4.12. The van der Waals surface area contributed by atoms with Crippen molar-refractivity contribution in [1.82, 2.24) is 4.31 Å². The molecular weight excluding hydrogens is 361 g/mol. The average molecular weight is 380 g/mol. The van der Waals surface area contributed by atoms with Gasteiger partial charge in [0.2, 0.25) is 0 Å². The zero-order valence-electron chi connectivity index (χ0n) is 13.3. The van der Waals surface area contributed by atoms with Crippen LogP contribution in [0.4, 0.5) is 13.2 Å². The lowest BCUT2D eigenvalue weighted by Gasteiger charge is -2.30. The molecule has 2 N–H and O–H groups in total. The van der Waals surface area contributed by atoms with Gasteiger partial charge >= 0.3 is 6.36 Å². The maximum atomic E-state index is 12.2. The van der Waals surface area contributed by atoms with Gasteiger partial charge in [0, 0.05) is 19.2 Å². The molecule has 1 saturated heterocycles. The Morgan fingerprint density at radius 2 is 1.88 bits per heavy atom. The van der Waals surface area contributed by atoms with Gasteiger partial charge in [-0.25, -0.2) is 5.14 Å². The van der Waals surface area contributed by atoms with Crippen LogP contribution >= 0.6 is 0 Å². The van der Waals surface area contributed by atoms with Crippen LogP contribution in [0.15, 0.2) is 24.3 Å². The minimum atomic E-state index is -4.74. The number of nitrogens with zero attached hydrogens (tertiary/aromatic N) is 1. The Bertz CT molecular complexity index is 731. The Morgan fingerprint density at radius 1 is 1.24 bits per heavy atom. The first-order valence-corrected chi connectivity index (χ1v) is 9.34. The summed E-state index contributed by atoms with van der Waals surface area (Å²) in [6.45, 7) is 1.17. The molecule has 0 radical (unpaired) electrons. The molecule has 6 nitrogen and oxygen atoms in total. The number of alkyl halides is 3. The first-order valence-electron chi connectivity index (χ1n) is 7.84. The Balaban J connectivity index is 1.51. The van der Waals surface area contributed by atoms with Crippen LogP contribution in [0.3, 0.4) is 0 Å². The highest BCUT2D eigenvalue weighted by Crippen LogP contribution is 2.59. The second kappa shape index (κ2) is 6.33. The molecule has 0 bridgehead atoms. The van der Waals surface area contributed by atoms with Crippen molar-refractivity contribution < 1.29 is 31.1 Å². The molecule has 1 aliphatic carbocycles. The summed E-state index contributed by atoms with van der Waals surface area (Å²) in [5, 5.41) is 5.13. The number of benzene rings is 1. The smallest absolute Gasteiger partial charge is 0.493 e. The van der Waals surface area contributed by atoms with Gasteiger partial charge in [0.05, 0.1) is 6.61 Å². The maximum Gasteiger partial charge on any atom is 0.573 e. The van der Waals surface area contributed by atoms with Gasteiger partial charge in [-0.05, 0) is 42.7 Å². The van der Waals surface area contributed by atoms with E-state index in [0.717, 1.165) is 6.42 Å². The van der Waals surface area contributed by atoms with Gasteiger partial charge in [-0.2, -0.15) is 12.7 Å². The maximum absolute atomic E-state index is 12.2. The minimum Gasteiger partial charge on any atom is -0.493 e. The molecule has 1 atom stereocenters. The molecule has 0 amide bonds. The number of halogens is 3. The van der Waals surface area contributed by atoms with Crippen molar-refractivity contribution in [3.8, 4) is 11.5 Å². The van der Waals surface area contributed by atoms with Crippen LogP contribution in [-0.2, 0) is 10.2 Å². The molecule has 1 aliphatic heterocycles. The van der Waals surface area contributed by atoms with E-state index in [1.807, 2.05) is 0 Å². The van der Waals surface area contributed by atoms with E-state index in [9.17, 15) is 21.6 Å². The average Bonchev–Trinajstić information content (AvgIpc) is 3.15. The highest BCUT2D eigenvalue weighted by molar-refractivity contribution is 7.86. The normalized spacial score (nSPS) is 23.4. The van der Waals surface area contributed by atoms with Gasteiger partial charge < -0.3 is 9.47 Å². The van der Waals surface area contributed by atoms with E-state index in [2.05, 4.69) is 4.74 Å². The summed E-state index contributed by atoms with van der Waals surface area (Å²) >= 11 is 0. The molecule has 10 heteroatoms. The van der Waals surface area contributed by atoms with Crippen molar-refractivity contribution in [2.45, 2.75) is 25.6 Å². The molecular formula is C15H19F3N2O4S. The second-order valence-corrected chi connectivity index (χ2v) is 8.09. The summed E-state index contributed by atoms with van der Waals surface area (Å²) < 4.78 is 70.1. The Kier molecular flexibility index (Phi) is 4.63. The Hall–Kier alpha value is -1.52. The number of hydrogen-bond acceptors (Lipinski definition) is 4. The highest BCUT2D eigenvalue weighted by Gasteiger charge is 2.55. The zero-order chi connectivity index (χ0) is 18.3. The van der Waals surface area contributed by atoms with Gasteiger partial charge in [-0.15, -0.1) is 13.2 Å². The monoisotopic (exact) mass is 380 g/mol. The largest absolute Gasteiger partial charge is 0.573 e. The van der Waals surface area contributed by atoms with E-state index in [0.29, 0.717) is 38.3 Å². The van der Waals surface area contributed by atoms with Gasteiger partial charge in [0.15, 0.2) is 0 Å². The van der Waals surface area contributed by atoms with Crippen molar-refractivity contribution in [2.24, 2.45) is 16.5 Å². The summed E-state index contributed by atoms with van der Waals surface area (Å²) in [6, 6.07) is 5.42. The van der Waals surface area contributed by atoms with Crippen LogP contribution < -0.4 is 14.6 Å². The van der Waals surface area contributed by atoms with Crippen LogP contribution in [0.25, 0.3) is 0 Å². The van der Waals surface area contributed by atoms with E-state index in [1.54, 1.807) is 6.07 Å². The summed E-state index contributed by atoms with van der Waals surface area (Å²) in [7, 11) is -3.64. The lowest BCUT2D eigenvalue weighted by atomic mass is 9.92. The van der Waals surface area contributed by atoms with Crippen LogP contribution in [0.2, 0.25) is 0 Å². The first-order chi connectivity index (χ1) is 11.6. The number of piperidine rings is 1. The number of ether oxygens (including phenoxy) is 2. The molecule has 3 rings (SSSR count). The summed E-state index contributed by atoms with van der Waals surface area (Å²) in [6.07, 6.45) is -2.38. The van der Waals surface area contributed by atoms with Crippen molar-refractivity contribution in [3.05, 3.63) is 24.3 Å². The van der Waals surface area contributed by atoms with Crippen LogP contribution in [0.1, 0.15) is 19.3 Å². The Morgan fingerprint density at radius 3 is 2.48 bits per heavy atom. The van der Waals surface area contributed by atoms with Gasteiger partial charge in [-0.3, -0.25) is 0 Å². The number of rotatable bonds is 5. The highest BCUT2D eigenvalue weighted by atomic mass is 32.2. The lowest BCUT2D eigenvalue weighted by molar-refractivity contribution is -0.274. The van der Waals surface area contributed by atoms with E-state index in [1.165, 1.54) is 22.5 Å². The third-order valence-corrected chi connectivity index (χ3v) is 6.01. The third-order valence-electron chi connectivity index (χ3n) is 4.93. The van der Waals surface area contributed by atoms with Crippen molar-refractivity contribution >= 4 is 10.2 Å². The van der Waals surface area contributed by atoms with Crippen LogP contribution in [-0.4, -0.2) is 38.8 Å². The molecule has 2 fully saturated rings. The molecule has 0 unspecified atom stereocenters. The standard InChI is InChI=1S/C15H19F3N2O4S/c16-15(17,18)24-13-3-1-2-12(8-13)23-10-11-9-14(11)4-6-20(7-5-14)25(19,21)22/h1-3,8,11H,4-7,9-10H2,(H2,19,21,22)/t11-/m1/s1. The van der Waals surface area contributed by atoms with Gasteiger partial charge in [-0.1, -0.05) is 6.07 Å². The van der Waals surface area contributed by atoms with Crippen molar-refractivity contribution in [2.75, 3.05) is 19.7 Å². The molecule has 2 aliphatic rings. The molecule has 1 spiro atoms. The molecule has 1 saturated carbocycles. The molecule has 1 heterocycles. The molecule has 25 heavy (non-hydrogen) atoms. The third kappa shape index (κ3) is 4.56. The summed E-state index contributed by atoms with van der Waals surface area (Å²) in [5.41, 5.74) is 0.0568. The van der Waals surface area contributed by atoms with Crippen molar-refractivity contribution in [1.29, 1.82) is 0 Å². The number of nitrogens with two attached hydrogens (primary N) is 1. The number of hydrogen-bond donors (Lipinski definition) is 1. The first kappa shape index (κ1) is 18.3. The lowest BCUT2D eigenvalue weighted by Crippen LogP contribution is -2.43. The van der Waals surface area contributed by atoms with Crippen molar-refractivity contribution in [3.63, 3.8) is 0 Å². The second-order valence-electron chi connectivity index (χ2n) is 6.54. The van der Waals surface area contributed by atoms with E-state index >= 15 is 0 Å². The van der Waals surface area contributed by atoms with Gasteiger partial charge in [0.1, 0.15) is 11.5 Å². The van der Waals surface area contributed by atoms with Gasteiger partial charge in [0.25, 0.3) is 10.2 Å². The fraction of sp³-hybridized carbons (Fsp3) is 0.600.